The quantitative estimate of drug-likeness (QED) is 0.624. The highest BCUT2D eigenvalue weighted by Gasteiger charge is 2.09. The molecule has 1 aromatic rings. The summed E-state index contributed by atoms with van der Waals surface area (Å²) in [6.45, 7) is 2.04. The number of ether oxygens (including phenoxy) is 1. The Morgan fingerprint density at radius 1 is 1.35 bits per heavy atom. The number of hydrogen-bond acceptors (Lipinski definition) is 4. The van der Waals surface area contributed by atoms with Crippen LogP contribution in [0.5, 0.6) is 0 Å². The van der Waals surface area contributed by atoms with Crippen LogP contribution < -0.4 is 0 Å². The fourth-order valence-corrected chi connectivity index (χ4v) is 1.71. The second-order valence-electron chi connectivity index (χ2n) is 3.50. The minimum Gasteiger partial charge on any atom is -0.481 e. The smallest absolute Gasteiger partial charge is 0.338 e. The lowest BCUT2D eigenvalue weighted by atomic mass is 10.1. The maximum atomic E-state index is 11.5. The van der Waals surface area contributed by atoms with Gasteiger partial charge in [0.25, 0.3) is 0 Å². The number of carbonyl (C=O) groups excluding carboxylic acids is 1. The van der Waals surface area contributed by atoms with E-state index in [1.54, 1.807) is 25.1 Å². The summed E-state index contributed by atoms with van der Waals surface area (Å²) < 4.78 is 4.87. The van der Waals surface area contributed by atoms with Gasteiger partial charge in [0.1, 0.15) is 0 Å². The zero-order chi connectivity index (χ0) is 12.8. The van der Waals surface area contributed by atoms with E-state index in [9.17, 15) is 9.59 Å². The first kappa shape index (κ1) is 13.6. The molecule has 0 spiro atoms. The molecule has 0 aliphatic heterocycles. The Balaban J connectivity index is 2.86. The van der Waals surface area contributed by atoms with Gasteiger partial charge in [0.05, 0.1) is 12.2 Å². The van der Waals surface area contributed by atoms with Crippen molar-refractivity contribution in [2.75, 3.05) is 6.61 Å². The summed E-state index contributed by atoms with van der Waals surface area (Å²) in [5, 5.41) is 8.60. The molecule has 0 saturated carbocycles. The van der Waals surface area contributed by atoms with E-state index in [1.165, 1.54) is 0 Å². The van der Waals surface area contributed by atoms with E-state index in [0.717, 1.165) is 5.56 Å². The van der Waals surface area contributed by atoms with Gasteiger partial charge in [-0.25, -0.2) is 4.79 Å². The Kier molecular flexibility index (Phi) is 5.03. The van der Waals surface area contributed by atoms with Crippen molar-refractivity contribution >= 4 is 24.6 Å². The van der Waals surface area contributed by atoms with Crippen LogP contribution in [0.2, 0.25) is 0 Å². The Labute approximate surface area is 105 Å². The van der Waals surface area contributed by atoms with Gasteiger partial charge in [-0.15, -0.1) is 12.6 Å². The summed E-state index contributed by atoms with van der Waals surface area (Å²) in [6, 6.07) is 4.99. The van der Waals surface area contributed by atoms with Gasteiger partial charge in [-0.3, -0.25) is 4.79 Å². The number of esters is 1. The minimum atomic E-state index is -0.868. The Morgan fingerprint density at radius 2 is 2.06 bits per heavy atom. The molecule has 0 heterocycles. The second kappa shape index (κ2) is 6.30. The Hall–Kier alpha value is -1.49. The summed E-state index contributed by atoms with van der Waals surface area (Å²) in [4.78, 5) is 22.6. The minimum absolute atomic E-state index is 0.0273. The summed E-state index contributed by atoms with van der Waals surface area (Å²) in [6.07, 6.45) is 0.398. The van der Waals surface area contributed by atoms with E-state index >= 15 is 0 Å². The molecule has 0 aliphatic rings. The van der Waals surface area contributed by atoms with E-state index < -0.39 is 11.9 Å². The molecule has 0 atom stereocenters. The highest BCUT2D eigenvalue weighted by atomic mass is 32.1. The third-order valence-electron chi connectivity index (χ3n) is 2.12. The molecule has 0 radical (unpaired) electrons. The van der Waals surface area contributed by atoms with Gasteiger partial charge in [-0.05, 0) is 37.1 Å². The lowest BCUT2D eigenvalue weighted by Crippen LogP contribution is -2.06. The standard InChI is InChI=1S/C12H14O4S/c1-2-16-12(15)9-5-8(3-4-11(13)14)6-10(17)7-9/h5-7,17H,2-4H2,1H3,(H,13,14). The van der Waals surface area contributed by atoms with Gasteiger partial charge in [0.15, 0.2) is 0 Å². The summed E-state index contributed by atoms with van der Waals surface area (Å²) in [7, 11) is 0. The molecule has 1 rings (SSSR count). The summed E-state index contributed by atoms with van der Waals surface area (Å²) >= 11 is 4.18. The maximum absolute atomic E-state index is 11.5. The third kappa shape index (κ3) is 4.48. The SMILES string of the molecule is CCOC(=O)c1cc(S)cc(CCC(=O)O)c1. The van der Waals surface area contributed by atoms with Crippen LogP contribution >= 0.6 is 12.6 Å². The maximum Gasteiger partial charge on any atom is 0.338 e. The molecule has 92 valence electrons. The lowest BCUT2D eigenvalue weighted by Gasteiger charge is -2.06. The van der Waals surface area contributed by atoms with Crippen LogP contribution in [0.3, 0.4) is 0 Å². The first-order chi connectivity index (χ1) is 8.02. The topological polar surface area (TPSA) is 63.6 Å². The fourth-order valence-electron chi connectivity index (χ4n) is 1.40. The van der Waals surface area contributed by atoms with Crippen molar-refractivity contribution in [1.29, 1.82) is 0 Å². The van der Waals surface area contributed by atoms with Gasteiger partial charge in [0.2, 0.25) is 0 Å². The average molecular weight is 254 g/mol. The number of carboxylic acid groups (broad SMARTS) is 1. The van der Waals surface area contributed by atoms with Crippen LogP contribution in [0.1, 0.15) is 29.3 Å². The number of aliphatic carboxylic acids is 1. The van der Waals surface area contributed by atoms with Crippen molar-refractivity contribution in [3.63, 3.8) is 0 Å². The summed E-state index contributed by atoms with van der Waals surface area (Å²) in [5.41, 5.74) is 1.17. The van der Waals surface area contributed by atoms with Crippen molar-refractivity contribution in [3.05, 3.63) is 29.3 Å². The highest BCUT2D eigenvalue weighted by Crippen LogP contribution is 2.16. The number of thiol groups is 1. The monoisotopic (exact) mass is 254 g/mol. The molecule has 0 aliphatic carbocycles. The number of carboxylic acids is 1. The lowest BCUT2D eigenvalue weighted by molar-refractivity contribution is -0.136. The zero-order valence-electron chi connectivity index (χ0n) is 9.47. The number of carbonyl (C=O) groups is 2. The van der Waals surface area contributed by atoms with Crippen LogP contribution in [0, 0.1) is 0 Å². The molecular formula is C12H14O4S. The molecule has 0 aromatic heterocycles. The number of hydrogen-bond donors (Lipinski definition) is 2. The molecule has 17 heavy (non-hydrogen) atoms. The van der Waals surface area contributed by atoms with Gasteiger partial charge in [-0.1, -0.05) is 0 Å². The molecule has 0 unspecified atom stereocenters. The van der Waals surface area contributed by atoms with Crippen LogP contribution in [-0.2, 0) is 16.0 Å². The highest BCUT2D eigenvalue weighted by molar-refractivity contribution is 7.80. The van der Waals surface area contributed by atoms with Gasteiger partial charge < -0.3 is 9.84 Å². The van der Waals surface area contributed by atoms with Crippen molar-refractivity contribution < 1.29 is 19.4 Å². The van der Waals surface area contributed by atoms with E-state index in [1.807, 2.05) is 0 Å². The van der Waals surface area contributed by atoms with Crippen LogP contribution in [0.25, 0.3) is 0 Å². The normalized spacial score (nSPS) is 10.0. The first-order valence-corrected chi connectivity index (χ1v) is 5.69. The van der Waals surface area contributed by atoms with Gasteiger partial charge in [0, 0.05) is 11.3 Å². The van der Waals surface area contributed by atoms with Crippen LogP contribution in [-0.4, -0.2) is 23.7 Å². The second-order valence-corrected chi connectivity index (χ2v) is 4.02. The molecule has 0 saturated heterocycles. The molecule has 4 nitrogen and oxygen atoms in total. The molecule has 5 heteroatoms. The van der Waals surface area contributed by atoms with Crippen molar-refractivity contribution in [3.8, 4) is 0 Å². The molecule has 1 N–H and O–H groups in total. The van der Waals surface area contributed by atoms with Crippen LogP contribution in [0.4, 0.5) is 0 Å². The predicted molar refractivity (Wildman–Crippen MR) is 65.6 cm³/mol. The molecule has 0 fully saturated rings. The van der Waals surface area contributed by atoms with Crippen molar-refractivity contribution in [1.82, 2.24) is 0 Å². The zero-order valence-corrected chi connectivity index (χ0v) is 10.4. The molecular weight excluding hydrogens is 240 g/mol. The number of benzene rings is 1. The molecule has 0 bridgehead atoms. The van der Waals surface area contributed by atoms with E-state index in [4.69, 9.17) is 9.84 Å². The largest absolute Gasteiger partial charge is 0.481 e. The van der Waals surface area contributed by atoms with Crippen LogP contribution in [0.15, 0.2) is 23.1 Å². The summed E-state index contributed by atoms with van der Waals surface area (Å²) in [5.74, 6) is -1.28. The van der Waals surface area contributed by atoms with E-state index in [0.29, 0.717) is 23.5 Å². The third-order valence-corrected chi connectivity index (χ3v) is 2.37. The predicted octanol–water partition coefficient (Wildman–Crippen LogP) is 2.17. The van der Waals surface area contributed by atoms with E-state index in [-0.39, 0.29) is 6.42 Å². The van der Waals surface area contributed by atoms with Gasteiger partial charge >= 0.3 is 11.9 Å². The Morgan fingerprint density at radius 3 is 2.65 bits per heavy atom. The molecule has 0 amide bonds. The first-order valence-electron chi connectivity index (χ1n) is 5.24. The number of aryl methyl sites for hydroxylation is 1. The van der Waals surface area contributed by atoms with Crippen molar-refractivity contribution in [2.24, 2.45) is 0 Å². The van der Waals surface area contributed by atoms with Gasteiger partial charge in [-0.2, -0.15) is 0 Å². The Bertz CT molecular complexity index is 429. The van der Waals surface area contributed by atoms with Crippen molar-refractivity contribution in [2.45, 2.75) is 24.7 Å². The number of rotatable bonds is 5. The van der Waals surface area contributed by atoms with E-state index in [2.05, 4.69) is 12.6 Å². The molecule has 1 aromatic carbocycles. The average Bonchev–Trinajstić information content (AvgIpc) is 2.26. The fraction of sp³-hybridized carbons (Fsp3) is 0.333.